The Morgan fingerprint density at radius 3 is 3.00 bits per heavy atom. The Labute approximate surface area is 85.1 Å². The van der Waals surface area contributed by atoms with Crippen molar-refractivity contribution in [1.29, 1.82) is 0 Å². The van der Waals surface area contributed by atoms with Gasteiger partial charge in [0.25, 0.3) is 0 Å². The number of likely N-dealkylation sites (tertiary alicyclic amines) is 1. The fourth-order valence-corrected chi connectivity index (χ4v) is 1.97. The minimum Gasteiger partial charge on any atom is -0.396 e. The molecule has 0 aromatic carbocycles. The van der Waals surface area contributed by atoms with Crippen LogP contribution in [0.4, 0.5) is 0 Å². The number of rotatable bonds is 3. The van der Waals surface area contributed by atoms with Crippen molar-refractivity contribution >= 4 is 5.91 Å². The van der Waals surface area contributed by atoms with Crippen LogP contribution in [0.2, 0.25) is 0 Å². The lowest BCUT2D eigenvalue weighted by Gasteiger charge is -2.33. The van der Waals surface area contributed by atoms with Gasteiger partial charge in [0.05, 0.1) is 6.04 Å². The lowest BCUT2D eigenvalue weighted by atomic mass is 9.95. The van der Waals surface area contributed by atoms with Crippen molar-refractivity contribution in [3.63, 3.8) is 0 Å². The van der Waals surface area contributed by atoms with Crippen LogP contribution in [0.1, 0.15) is 26.2 Å². The third-order valence-corrected chi connectivity index (χ3v) is 2.76. The molecule has 1 amide bonds. The molecule has 1 heterocycles. The van der Waals surface area contributed by atoms with Gasteiger partial charge in [-0.15, -0.1) is 0 Å². The van der Waals surface area contributed by atoms with Crippen LogP contribution in [0.25, 0.3) is 0 Å². The van der Waals surface area contributed by atoms with Crippen molar-refractivity contribution in [2.75, 3.05) is 19.7 Å². The van der Waals surface area contributed by atoms with Gasteiger partial charge in [-0.1, -0.05) is 0 Å². The highest BCUT2D eigenvalue weighted by Gasteiger charge is 2.24. The van der Waals surface area contributed by atoms with E-state index in [1.165, 1.54) is 0 Å². The van der Waals surface area contributed by atoms with Crippen LogP contribution in [0.15, 0.2) is 0 Å². The number of piperidine rings is 1. The van der Waals surface area contributed by atoms with Crippen molar-refractivity contribution in [1.82, 2.24) is 4.90 Å². The molecular weight excluding hydrogens is 180 g/mol. The molecule has 0 aliphatic carbocycles. The Balaban J connectivity index is 2.43. The van der Waals surface area contributed by atoms with Gasteiger partial charge in [-0.05, 0) is 32.1 Å². The van der Waals surface area contributed by atoms with Crippen LogP contribution in [-0.4, -0.2) is 41.7 Å². The van der Waals surface area contributed by atoms with E-state index >= 15 is 0 Å². The summed E-state index contributed by atoms with van der Waals surface area (Å²) < 4.78 is 0. The molecule has 0 radical (unpaired) electrons. The van der Waals surface area contributed by atoms with Gasteiger partial charge in [0, 0.05) is 19.7 Å². The molecule has 1 rings (SSSR count). The van der Waals surface area contributed by atoms with Crippen LogP contribution < -0.4 is 5.73 Å². The number of hydrogen-bond donors (Lipinski definition) is 2. The number of nitrogens with zero attached hydrogens (tertiary/aromatic N) is 1. The summed E-state index contributed by atoms with van der Waals surface area (Å²) in [5, 5.41) is 8.82. The second-order valence-electron chi connectivity index (χ2n) is 4.09. The zero-order chi connectivity index (χ0) is 10.6. The van der Waals surface area contributed by atoms with Crippen molar-refractivity contribution in [3.8, 4) is 0 Å². The number of hydrogen-bond acceptors (Lipinski definition) is 3. The first-order valence-corrected chi connectivity index (χ1v) is 5.30. The summed E-state index contributed by atoms with van der Waals surface area (Å²) in [6, 6.07) is -0.400. The summed E-state index contributed by atoms with van der Waals surface area (Å²) in [4.78, 5) is 13.4. The van der Waals surface area contributed by atoms with Gasteiger partial charge in [0.15, 0.2) is 0 Å². The molecule has 0 bridgehead atoms. The van der Waals surface area contributed by atoms with Crippen molar-refractivity contribution in [2.24, 2.45) is 11.7 Å². The Kier molecular flexibility index (Phi) is 4.35. The second kappa shape index (κ2) is 5.32. The average Bonchev–Trinajstić information content (AvgIpc) is 2.17. The average molecular weight is 200 g/mol. The number of carbonyl (C=O) groups excluding carboxylic acids is 1. The maximum absolute atomic E-state index is 11.6. The van der Waals surface area contributed by atoms with E-state index < -0.39 is 6.04 Å². The summed E-state index contributed by atoms with van der Waals surface area (Å²) in [7, 11) is 0. The van der Waals surface area contributed by atoms with Gasteiger partial charge in [-0.25, -0.2) is 0 Å². The quantitative estimate of drug-likeness (QED) is 0.671. The molecular formula is C10H20N2O2. The van der Waals surface area contributed by atoms with Gasteiger partial charge in [0.2, 0.25) is 5.91 Å². The highest BCUT2D eigenvalue weighted by molar-refractivity contribution is 5.81. The first-order valence-electron chi connectivity index (χ1n) is 5.30. The van der Waals surface area contributed by atoms with E-state index in [0.29, 0.717) is 5.92 Å². The number of carbonyl (C=O) groups is 1. The first-order chi connectivity index (χ1) is 6.65. The highest BCUT2D eigenvalue weighted by atomic mass is 16.3. The Hall–Kier alpha value is -0.610. The van der Waals surface area contributed by atoms with Crippen LogP contribution in [0, 0.1) is 5.92 Å². The Morgan fingerprint density at radius 1 is 1.71 bits per heavy atom. The standard InChI is InChI=1S/C10H20N2O2/c1-8(11)10(14)12-5-2-3-9(7-12)4-6-13/h8-9,13H,2-7,11H2,1H3/t8-,9?/m0/s1. The Morgan fingerprint density at radius 2 is 2.43 bits per heavy atom. The van der Waals surface area contributed by atoms with Gasteiger partial charge < -0.3 is 15.7 Å². The van der Waals surface area contributed by atoms with Crippen molar-refractivity contribution in [3.05, 3.63) is 0 Å². The van der Waals surface area contributed by atoms with Crippen molar-refractivity contribution in [2.45, 2.75) is 32.2 Å². The zero-order valence-corrected chi connectivity index (χ0v) is 8.78. The minimum atomic E-state index is -0.400. The molecule has 0 spiro atoms. The van der Waals surface area contributed by atoms with E-state index in [-0.39, 0.29) is 12.5 Å². The molecule has 1 fully saturated rings. The van der Waals surface area contributed by atoms with Crippen LogP contribution in [0.3, 0.4) is 0 Å². The molecule has 4 heteroatoms. The predicted octanol–water partition coefficient (Wildman–Crippen LogP) is -0.0454. The van der Waals surface area contributed by atoms with Crippen LogP contribution in [-0.2, 0) is 4.79 Å². The summed E-state index contributed by atoms with van der Waals surface area (Å²) in [5.41, 5.74) is 5.55. The van der Waals surface area contributed by atoms with E-state index in [4.69, 9.17) is 10.8 Å². The third-order valence-electron chi connectivity index (χ3n) is 2.76. The van der Waals surface area contributed by atoms with E-state index in [0.717, 1.165) is 32.4 Å². The van der Waals surface area contributed by atoms with E-state index in [1.54, 1.807) is 6.92 Å². The maximum atomic E-state index is 11.6. The summed E-state index contributed by atoms with van der Waals surface area (Å²) in [5.74, 6) is 0.490. The summed E-state index contributed by atoms with van der Waals surface area (Å²) in [6.45, 7) is 3.52. The molecule has 82 valence electrons. The van der Waals surface area contributed by atoms with Gasteiger partial charge in [0.1, 0.15) is 0 Å². The summed E-state index contributed by atoms with van der Waals surface area (Å²) >= 11 is 0. The molecule has 3 N–H and O–H groups in total. The molecule has 0 saturated carbocycles. The monoisotopic (exact) mass is 200 g/mol. The van der Waals surface area contributed by atoms with Crippen LogP contribution in [0.5, 0.6) is 0 Å². The molecule has 1 unspecified atom stereocenters. The van der Waals surface area contributed by atoms with E-state index in [2.05, 4.69) is 0 Å². The van der Waals surface area contributed by atoms with Gasteiger partial charge in [-0.3, -0.25) is 4.79 Å². The normalized spacial score (nSPS) is 24.8. The maximum Gasteiger partial charge on any atom is 0.239 e. The van der Waals surface area contributed by atoms with Crippen LogP contribution >= 0.6 is 0 Å². The third kappa shape index (κ3) is 2.96. The fourth-order valence-electron chi connectivity index (χ4n) is 1.97. The minimum absolute atomic E-state index is 0.0349. The topological polar surface area (TPSA) is 66.6 Å². The summed E-state index contributed by atoms with van der Waals surface area (Å²) in [6.07, 6.45) is 2.94. The van der Waals surface area contributed by atoms with E-state index in [1.807, 2.05) is 4.90 Å². The molecule has 1 aliphatic rings. The smallest absolute Gasteiger partial charge is 0.239 e. The largest absolute Gasteiger partial charge is 0.396 e. The van der Waals surface area contributed by atoms with Crippen molar-refractivity contribution < 1.29 is 9.90 Å². The molecule has 0 aromatic rings. The molecule has 14 heavy (non-hydrogen) atoms. The predicted molar refractivity (Wildman–Crippen MR) is 54.7 cm³/mol. The zero-order valence-electron chi connectivity index (χ0n) is 8.78. The second-order valence-corrected chi connectivity index (χ2v) is 4.09. The number of amides is 1. The fraction of sp³-hybridized carbons (Fsp3) is 0.900. The molecule has 2 atom stereocenters. The first kappa shape index (κ1) is 11.5. The lowest BCUT2D eigenvalue weighted by Crippen LogP contribution is -2.46. The number of nitrogens with two attached hydrogens (primary N) is 1. The lowest BCUT2D eigenvalue weighted by molar-refractivity contribution is -0.134. The van der Waals surface area contributed by atoms with Gasteiger partial charge >= 0.3 is 0 Å². The molecule has 4 nitrogen and oxygen atoms in total. The molecule has 1 aliphatic heterocycles. The number of aliphatic hydroxyl groups is 1. The Bertz CT molecular complexity index is 193. The molecule has 0 aromatic heterocycles. The highest BCUT2D eigenvalue weighted by Crippen LogP contribution is 2.19. The number of aliphatic hydroxyl groups excluding tert-OH is 1. The molecule has 1 saturated heterocycles. The SMILES string of the molecule is C[C@H](N)C(=O)N1CCCC(CCO)C1. The van der Waals surface area contributed by atoms with E-state index in [9.17, 15) is 4.79 Å². The van der Waals surface area contributed by atoms with Gasteiger partial charge in [-0.2, -0.15) is 0 Å².